The molecule has 1 rings (SSSR count). The van der Waals surface area contributed by atoms with Gasteiger partial charge in [-0.1, -0.05) is 36.7 Å². The predicted octanol–water partition coefficient (Wildman–Crippen LogP) is 2.92. The number of halogens is 1. The molecule has 0 aromatic heterocycles. The molecule has 28 heavy (non-hydrogen) atoms. The van der Waals surface area contributed by atoms with E-state index in [1.807, 2.05) is 0 Å². The van der Waals surface area contributed by atoms with E-state index in [4.69, 9.17) is 23.4 Å². The molecule has 1 aliphatic heterocycles. The molecule has 10 heteroatoms. The Bertz CT molecular complexity index is 589. The molecule has 1 heterocycles. The average molecular weight is 483 g/mol. The summed E-state index contributed by atoms with van der Waals surface area (Å²) in [6, 6.07) is 0. The van der Waals surface area contributed by atoms with Gasteiger partial charge in [0.1, 0.15) is 6.10 Å². The molecule has 8 nitrogen and oxygen atoms in total. The van der Waals surface area contributed by atoms with Crippen LogP contribution in [0.25, 0.3) is 0 Å². The molecule has 0 radical (unpaired) electrons. The van der Waals surface area contributed by atoms with Gasteiger partial charge in [-0.05, 0) is 18.1 Å². The topological polar surface area (TPSA) is 97.4 Å². The van der Waals surface area contributed by atoms with Gasteiger partial charge in [0.05, 0.1) is 6.61 Å². The largest absolute Gasteiger partial charge is 0.456 e. The summed E-state index contributed by atoms with van der Waals surface area (Å²) in [4.78, 5) is 34.8. The molecule has 0 aromatic carbocycles. The van der Waals surface area contributed by atoms with Crippen molar-refractivity contribution in [3.63, 3.8) is 0 Å². The van der Waals surface area contributed by atoms with Crippen molar-refractivity contribution < 1.29 is 37.8 Å². The number of alkyl halides is 1. The van der Waals surface area contributed by atoms with Gasteiger partial charge in [-0.3, -0.25) is 14.4 Å². The van der Waals surface area contributed by atoms with Gasteiger partial charge in [0.15, 0.2) is 31.6 Å². The highest BCUT2D eigenvalue weighted by atomic mass is 79.9. The maximum absolute atomic E-state index is 11.7. The zero-order valence-corrected chi connectivity index (χ0v) is 20.3. The highest BCUT2D eigenvalue weighted by molar-refractivity contribution is 9.09. The van der Waals surface area contributed by atoms with Crippen molar-refractivity contribution in [2.75, 3.05) is 6.61 Å². The van der Waals surface area contributed by atoms with E-state index in [-0.39, 0.29) is 11.6 Å². The molecule has 0 amide bonds. The molecule has 1 aliphatic rings. The van der Waals surface area contributed by atoms with Gasteiger partial charge in [-0.2, -0.15) is 0 Å². The summed E-state index contributed by atoms with van der Waals surface area (Å²) in [5, 5.41) is -0.789. The average Bonchev–Trinajstić information content (AvgIpc) is 2.49. The fraction of sp³-hybridized carbons (Fsp3) is 0.833. The standard InChI is InChI=1S/C18H31BrO8Si/c1-10(20)24-14-13(9-23-28(7,8)18(4,5)6)27-17(19)16(26-12(3)22)15(14)25-11(2)21/h13-17H,9H2,1-8H3. The first kappa shape index (κ1) is 25.1. The summed E-state index contributed by atoms with van der Waals surface area (Å²) in [6.07, 6.45) is -3.70. The van der Waals surface area contributed by atoms with Crippen LogP contribution in [0.2, 0.25) is 18.1 Å². The minimum Gasteiger partial charge on any atom is -0.456 e. The first-order valence-corrected chi connectivity index (χ1v) is 12.9. The molecule has 162 valence electrons. The van der Waals surface area contributed by atoms with Gasteiger partial charge in [-0.25, -0.2) is 0 Å². The van der Waals surface area contributed by atoms with Gasteiger partial charge in [0.25, 0.3) is 0 Å². The van der Waals surface area contributed by atoms with Crippen LogP contribution in [0.4, 0.5) is 0 Å². The van der Waals surface area contributed by atoms with Crippen LogP contribution in [0.15, 0.2) is 0 Å². The second kappa shape index (κ2) is 9.68. The third-order valence-corrected chi connectivity index (χ3v) is 10.1. The SMILES string of the molecule is CC(=O)OC1C(Br)OC(CO[Si](C)(C)C(C)(C)C)C(OC(C)=O)C1OC(C)=O. The molecular formula is C18H31BrO8Si. The monoisotopic (exact) mass is 482 g/mol. The van der Waals surface area contributed by atoms with Gasteiger partial charge < -0.3 is 23.4 Å². The third-order valence-electron chi connectivity index (χ3n) is 4.90. The Morgan fingerprint density at radius 2 is 1.32 bits per heavy atom. The van der Waals surface area contributed by atoms with E-state index in [0.29, 0.717) is 0 Å². The van der Waals surface area contributed by atoms with Crippen LogP contribution >= 0.6 is 15.9 Å². The molecule has 0 spiro atoms. The Labute approximate surface area is 175 Å². The van der Waals surface area contributed by atoms with E-state index in [1.165, 1.54) is 20.8 Å². The number of hydrogen-bond acceptors (Lipinski definition) is 8. The predicted molar refractivity (Wildman–Crippen MR) is 107 cm³/mol. The van der Waals surface area contributed by atoms with E-state index in [2.05, 4.69) is 49.8 Å². The normalized spacial score (nSPS) is 28.4. The molecular weight excluding hydrogens is 452 g/mol. The van der Waals surface area contributed by atoms with Crippen LogP contribution < -0.4 is 0 Å². The summed E-state index contributed by atoms with van der Waals surface area (Å²) < 4.78 is 28.2. The lowest BCUT2D eigenvalue weighted by Crippen LogP contribution is -2.61. The van der Waals surface area contributed by atoms with Gasteiger partial charge in [-0.15, -0.1) is 0 Å². The second-order valence-corrected chi connectivity index (χ2v) is 14.0. The molecule has 0 aliphatic carbocycles. The Balaban J connectivity index is 3.15. The number of carbonyl (C=O) groups is 3. The summed E-state index contributed by atoms with van der Waals surface area (Å²) >= 11 is 3.33. The number of ether oxygens (including phenoxy) is 4. The Hall–Kier alpha value is -0.973. The van der Waals surface area contributed by atoms with Crippen LogP contribution in [0.5, 0.6) is 0 Å². The van der Waals surface area contributed by atoms with Crippen molar-refractivity contribution >= 4 is 42.2 Å². The van der Waals surface area contributed by atoms with E-state index in [0.717, 1.165) is 0 Å². The van der Waals surface area contributed by atoms with Gasteiger partial charge in [0.2, 0.25) is 0 Å². The van der Waals surface area contributed by atoms with Crippen LogP contribution in [0, 0.1) is 0 Å². The number of esters is 3. The highest BCUT2D eigenvalue weighted by Crippen LogP contribution is 2.38. The molecule has 5 atom stereocenters. The highest BCUT2D eigenvalue weighted by Gasteiger charge is 2.51. The molecule has 0 aromatic rings. The van der Waals surface area contributed by atoms with E-state index < -0.39 is 55.7 Å². The lowest BCUT2D eigenvalue weighted by atomic mass is 9.99. The molecule has 5 unspecified atom stereocenters. The first-order chi connectivity index (χ1) is 12.7. The summed E-state index contributed by atoms with van der Waals surface area (Å²) in [5.41, 5.74) is 0. The maximum atomic E-state index is 11.7. The van der Waals surface area contributed by atoms with Crippen molar-refractivity contribution in [2.45, 2.75) is 89.1 Å². The van der Waals surface area contributed by atoms with Gasteiger partial charge in [0, 0.05) is 20.8 Å². The Morgan fingerprint density at radius 1 is 0.893 bits per heavy atom. The zero-order chi connectivity index (χ0) is 21.9. The smallest absolute Gasteiger partial charge is 0.303 e. The van der Waals surface area contributed by atoms with E-state index in [9.17, 15) is 14.4 Å². The van der Waals surface area contributed by atoms with E-state index >= 15 is 0 Å². The van der Waals surface area contributed by atoms with Crippen molar-refractivity contribution in [1.29, 1.82) is 0 Å². The maximum Gasteiger partial charge on any atom is 0.303 e. The number of carbonyl (C=O) groups excluding carboxylic acids is 3. The van der Waals surface area contributed by atoms with Crippen LogP contribution in [-0.2, 0) is 37.8 Å². The summed E-state index contributed by atoms with van der Waals surface area (Å²) in [7, 11) is -2.11. The fourth-order valence-electron chi connectivity index (χ4n) is 2.48. The summed E-state index contributed by atoms with van der Waals surface area (Å²) in [5.74, 6) is -1.74. The molecule has 0 saturated carbocycles. The molecule has 1 saturated heterocycles. The molecule has 0 N–H and O–H groups in total. The van der Waals surface area contributed by atoms with Crippen molar-refractivity contribution in [2.24, 2.45) is 0 Å². The van der Waals surface area contributed by atoms with Crippen LogP contribution in [0.1, 0.15) is 41.5 Å². The Kier molecular flexibility index (Phi) is 8.67. The van der Waals surface area contributed by atoms with E-state index in [1.54, 1.807) is 0 Å². The van der Waals surface area contributed by atoms with Crippen molar-refractivity contribution in [3.8, 4) is 0 Å². The molecule has 0 bridgehead atoms. The quantitative estimate of drug-likeness (QED) is 0.246. The van der Waals surface area contributed by atoms with Crippen molar-refractivity contribution in [1.82, 2.24) is 0 Å². The first-order valence-electron chi connectivity index (χ1n) is 9.11. The Morgan fingerprint density at radius 3 is 1.75 bits per heavy atom. The lowest BCUT2D eigenvalue weighted by Gasteiger charge is -2.44. The fourth-order valence-corrected chi connectivity index (χ4v) is 4.18. The third kappa shape index (κ3) is 6.82. The summed E-state index contributed by atoms with van der Waals surface area (Å²) in [6.45, 7) is 14.4. The van der Waals surface area contributed by atoms with Crippen LogP contribution in [0.3, 0.4) is 0 Å². The minimum atomic E-state index is -2.11. The lowest BCUT2D eigenvalue weighted by molar-refractivity contribution is -0.234. The minimum absolute atomic E-state index is 0.0258. The van der Waals surface area contributed by atoms with Crippen LogP contribution in [-0.4, -0.2) is 62.3 Å². The number of hydrogen-bond donors (Lipinski definition) is 0. The number of rotatable bonds is 6. The molecule has 1 fully saturated rings. The van der Waals surface area contributed by atoms with Gasteiger partial charge >= 0.3 is 17.9 Å². The second-order valence-electron chi connectivity index (χ2n) is 8.32. The zero-order valence-electron chi connectivity index (χ0n) is 17.7. The van der Waals surface area contributed by atoms with Crippen molar-refractivity contribution in [3.05, 3.63) is 0 Å².